The fourth-order valence-electron chi connectivity index (χ4n) is 2.83. The quantitative estimate of drug-likeness (QED) is 0.572. The first kappa shape index (κ1) is 13.5. The third-order valence-electron chi connectivity index (χ3n) is 3.68. The number of ketones is 1. The number of fused-ring (bicyclic) bond motifs is 2. The predicted molar refractivity (Wildman–Crippen MR) is 74.9 cm³/mol. The maximum Gasteiger partial charge on any atom is 0.201 e. The smallest absolute Gasteiger partial charge is 0.201 e. The van der Waals surface area contributed by atoms with Gasteiger partial charge in [-0.15, -0.1) is 0 Å². The van der Waals surface area contributed by atoms with Gasteiger partial charge in [0, 0.05) is 12.7 Å². The minimum atomic E-state index is -0.461. The minimum absolute atomic E-state index is 0.0513. The molecule has 1 aliphatic rings. The van der Waals surface area contributed by atoms with Crippen molar-refractivity contribution in [1.82, 2.24) is 0 Å². The Balaban J connectivity index is 2.18. The summed E-state index contributed by atoms with van der Waals surface area (Å²) in [6.07, 6.45) is 0.707. The van der Waals surface area contributed by atoms with Gasteiger partial charge >= 0.3 is 0 Å². The Morgan fingerprint density at radius 2 is 1.52 bits per heavy atom. The number of aromatic hydroxyl groups is 3. The van der Waals surface area contributed by atoms with Gasteiger partial charge < -0.3 is 20.4 Å². The van der Waals surface area contributed by atoms with Crippen LogP contribution in [-0.4, -0.2) is 32.8 Å². The van der Waals surface area contributed by atoms with Crippen molar-refractivity contribution in [3.8, 4) is 17.2 Å². The van der Waals surface area contributed by atoms with Gasteiger partial charge in [0.1, 0.15) is 17.2 Å². The van der Waals surface area contributed by atoms with Crippen molar-refractivity contribution in [2.24, 2.45) is 0 Å². The number of benzene rings is 2. The number of carbonyl (C=O) groups excluding carboxylic acids is 1. The molecule has 0 saturated carbocycles. The van der Waals surface area contributed by atoms with Crippen LogP contribution in [0.15, 0.2) is 24.3 Å². The molecule has 3 rings (SSSR count). The number of aliphatic hydroxyl groups excluding tert-OH is 1. The van der Waals surface area contributed by atoms with Crippen LogP contribution in [0.5, 0.6) is 17.2 Å². The van der Waals surface area contributed by atoms with E-state index in [1.165, 1.54) is 12.1 Å². The Morgan fingerprint density at radius 3 is 2.19 bits per heavy atom. The molecule has 0 aromatic heterocycles. The normalized spacial score (nSPS) is 12.9. The molecule has 5 nitrogen and oxygen atoms in total. The van der Waals surface area contributed by atoms with E-state index in [0.29, 0.717) is 24.0 Å². The van der Waals surface area contributed by atoms with Gasteiger partial charge in [-0.1, -0.05) is 6.07 Å². The van der Waals surface area contributed by atoms with Gasteiger partial charge in [0.2, 0.25) is 5.78 Å². The zero-order valence-corrected chi connectivity index (χ0v) is 11.1. The maximum atomic E-state index is 12.5. The lowest BCUT2D eigenvalue weighted by Gasteiger charge is -2.21. The van der Waals surface area contributed by atoms with Gasteiger partial charge in [0.25, 0.3) is 0 Å². The number of aliphatic hydroxyl groups is 1. The number of rotatable bonds is 2. The Hall–Kier alpha value is -2.53. The third-order valence-corrected chi connectivity index (χ3v) is 3.68. The second-order valence-electron chi connectivity index (χ2n) is 5.13. The first-order chi connectivity index (χ1) is 10.0. The molecule has 21 heavy (non-hydrogen) atoms. The Morgan fingerprint density at radius 1 is 0.905 bits per heavy atom. The second kappa shape index (κ2) is 4.79. The maximum absolute atomic E-state index is 12.5. The van der Waals surface area contributed by atoms with E-state index in [1.807, 2.05) is 0 Å². The molecule has 0 aliphatic heterocycles. The monoisotopic (exact) mass is 286 g/mol. The SMILES string of the molecule is O=C1c2c(O)cc(O)cc2Cc2cc(CCO)cc(O)c21. The largest absolute Gasteiger partial charge is 0.508 e. The number of phenolic OH excluding ortho intramolecular Hbond substituents is 3. The summed E-state index contributed by atoms with van der Waals surface area (Å²) in [6, 6.07) is 5.76. The summed E-state index contributed by atoms with van der Waals surface area (Å²) in [7, 11) is 0. The summed E-state index contributed by atoms with van der Waals surface area (Å²) in [4.78, 5) is 12.5. The van der Waals surface area contributed by atoms with E-state index >= 15 is 0 Å². The van der Waals surface area contributed by atoms with Crippen molar-refractivity contribution in [1.29, 1.82) is 0 Å². The lowest BCUT2D eigenvalue weighted by atomic mass is 9.83. The van der Waals surface area contributed by atoms with Crippen LogP contribution >= 0.6 is 0 Å². The second-order valence-corrected chi connectivity index (χ2v) is 5.13. The standard InChI is InChI=1S/C16H14O5/c17-2-1-8-3-9-5-10-6-11(18)7-13(20)15(10)16(21)14(9)12(19)4-8/h3-4,6-7,17-20H,1-2,5H2. The third kappa shape index (κ3) is 2.11. The van der Waals surface area contributed by atoms with Crippen LogP contribution in [0.1, 0.15) is 32.6 Å². The summed E-state index contributed by atoms with van der Waals surface area (Å²) in [5.74, 6) is -1.02. The molecule has 2 aromatic rings. The highest BCUT2D eigenvalue weighted by Gasteiger charge is 2.29. The zero-order chi connectivity index (χ0) is 15.1. The summed E-state index contributed by atoms with van der Waals surface area (Å²) in [5.41, 5.74) is 2.16. The first-order valence-electron chi connectivity index (χ1n) is 6.56. The first-order valence-corrected chi connectivity index (χ1v) is 6.56. The molecule has 0 atom stereocenters. The molecule has 0 spiro atoms. The molecule has 0 heterocycles. The molecule has 5 heteroatoms. The van der Waals surface area contributed by atoms with Gasteiger partial charge in [-0.05, 0) is 41.7 Å². The van der Waals surface area contributed by atoms with Crippen molar-refractivity contribution in [2.45, 2.75) is 12.8 Å². The van der Waals surface area contributed by atoms with E-state index in [2.05, 4.69) is 0 Å². The molecular formula is C16H14O5. The van der Waals surface area contributed by atoms with Gasteiger partial charge in [-0.3, -0.25) is 4.79 Å². The number of hydrogen-bond donors (Lipinski definition) is 4. The van der Waals surface area contributed by atoms with Crippen LogP contribution in [-0.2, 0) is 12.8 Å². The van der Waals surface area contributed by atoms with E-state index in [1.54, 1.807) is 6.07 Å². The molecule has 2 aromatic carbocycles. The van der Waals surface area contributed by atoms with Crippen molar-refractivity contribution >= 4 is 5.78 Å². The van der Waals surface area contributed by atoms with E-state index in [4.69, 9.17) is 5.11 Å². The molecule has 0 saturated heterocycles. The fraction of sp³-hybridized carbons (Fsp3) is 0.188. The molecule has 108 valence electrons. The van der Waals surface area contributed by atoms with Gasteiger partial charge in [-0.2, -0.15) is 0 Å². The molecule has 0 amide bonds. The highest BCUT2D eigenvalue weighted by atomic mass is 16.3. The molecular weight excluding hydrogens is 272 g/mol. The van der Waals surface area contributed by atoms with Gasteiger partial charge in [0.15, 0.2) is 0 Å². The van der Waals surface area contributed by atoms with Crippen molar-refractivity contribution in [2.75, 3.05) is 6.61 Å². The minimum Gasteiger partial charge on any atom is -0.508 e. The summed E-state index contributed by atoms with van der Waals surface area (Å²) in [5, 5.41) is 38.5. The van der Waals surface area contributed by atoms with Crippen LogP contribution in [0.2, 0.25) is 0 Å². The molecule has 0 radical (unpaired) electrons. The fourth-order valence-corrected chi connectivity index (χ4v) is 2.83. The molecule has 0 bridgehead atoms. The van der Waals surface area contributed by atoms with E-state index < -0.39 is 5.78 Å². The Bertz CT molecular complexity index is 749. The van der Waals surface area contributed by atoms with Crippen LogP contribution in [0.3, 0.4) is 0 Å². The topological polar surface area (TPSA) is 98.0 Å². The summed E-state index contributed by atoms with van der Waals surface area (Å²) >= 11 is 0. The zero-order valence-electron chi connectivity index (χ0n) is 11.1. The van der Waals surface area contributed by atoms with Crippen molar-refractivity contribution in [3.63, 3.8) is 0 Å². The highest BCUT2D eigenvalue weighted by molar-refractivity contribution is 6.15. The van der Waals surface area contributed by atoms with Crippen LogP contribution in [0.4, 0.5) is 0 Å². The number of hydrogen-bond acceptors (Lipinski definition) is 5. The molecule has 0 fully saturated rings. The van der Waals surface area contributed by atoms with Gasteiger partial charge in [-0.25, -0.2) is 0 Å². The Kier molecular flexibility index (Phi) is 3.07. The molecule has 1 aliphatic carbocycles. The highest BCUT2D eigenvalue weighted by Crippen LogP contribution is 2.39. The lowest BCUT2D eigenvalue weighted by Crippen LogP contribution is -2.16. The van der Waals surface area contributed by atoms with Crippen molar-refractivity contribution in [3.05, 3.63) is 52.1 Å². The average Bonchev–Trinajstić information content (AvgIpc) is 2.37. The van der Waals surface area contributed by atoms with E-state index in [-0.39, 0.29) is 35.0 Å². The molecule has 4 N–H and O–H groups in total. The summed E-state index contributed by atoms with van der Waals surface area (Å²) in [6.45, 7) is -0.0513. The average molecular weight is 286 g/mol. The predicted octanol–water partition coefficient (Wildman–Crippen LogP) is 1.47. The molecule has 0 unspecified atom stereocenters. The van der Waals surface area contributed by atoms with E-state index in [0.717, 1.165) is 11.6 Å². The summed E-state index contributed by atoms with van der Waals surface area (Å²) < 4.78 is 0. The van der Waals surface area contributed by atoms with E-state index in [9.17, 15) is 20.1 Å². The van der Waals surface area contributed by atoms with Gasteiger partial charge in [0.05, 0.1) is 11.1 Å². The van der Waals surface area contributed by atoms with Crippen LogP contribution in [0.25, 0.3) is 0 Å². The number of carbonyl (C=O) groups is 1. The van der Waals surface area contributed by atoms with Crippen molar-refractivity contribution < 1.29 is 25.2 Å². The number of phenols is 3. The Labute approximate surface area is 120 Å². The lowest BCUT2D eigenvalue weighted by molar-refractivity contribution is 0.103. The van der Waals surface area contributed by atoms with Crippen LogP contribution < -0.4 is 0 Å². The van der Waals surface area contributed by atoms with Crippen LogP contribution in [0, 0.1) is 0 Å².